The van der Waals surface area contributed by atoms with E-state index >= 15 is 0 Å². The third-order valence-corrected chi connectivity index (χ3v) is 3.54. The molecule has 2 aromatic carbocycles. The third kappa shape index (κ3) is 4.22. The minimum Gasteiger partial charge on any atom is -0.478 e. The summed E-state index contributed by atoms with van der Waals surface area (Å²) < 4.78 is 0. The molecule has 0 radical (unpaired) electrons. The molecule has 8 heteroatoms. The van der Waals surface area contributed by atoms with Crippen molar-refractivity contribution in [3.8, 4) is 0 Å². The first-order valence-corrected chi connectivity index (χ1v) is 7.26. The van der Waals surface area contributed by atoms with E-state index in [0.717, 1.165) is 6.07 Å². The predicted molar refractivity (Wildman–Crippen MR) is 90.1 cm³/mol. The first-order chi connectivity index (χ1) is 10.8. The zero-order valence-corrected chi connectivity index (χ0v) is 13.6. The molecule has 0 bridgehead atoms. The number of nitrogens with zero attached hydrogens (tertiary/aromatic N) is 1. The van der Waals surface area contributed by atoms with Crippen LogP contribution in [-0.4, -0.2) is 16.0 Å². The third-order valence-electron chi connectivity index (χ3n) is 2.87. The summed E-state index contributed by atoms with van der Waals surface area (Å²) in [6, 6.07) is 8.17. The molecule has 0 aliphatic rings. The first kappa shape index (κ1) is 17.3. The fraction of sp³-hybridized carbons (Fsp3) is 0. The SMILES string of the molecule is O=C(O)/C(=C\c1cc(Cl)cc(Cl)c1)c1cc(Cl)ccc1[N+](=O)[O-]. The molecule has 1 N–H and O–H groups in total. The Morgan fingerprint density at radius 1 is 1.04 bits per heavy atom. The van der Waals surface area contributed by atoms with Gasteiger partial charge in [0.1, 0.15) is 0 Å². The van der Waals surface area contributed by atoms with Gasteiger partial charge in [0.2, 0.25) is 0 Å². The van der Waals surface area contributed by atoms with E-state index in [4.69, 9.17) is 34.8 Å². The maximum Gasteiger partial charge on any atom is 0.336 e. The summed E-state index contributed by atoms with van der Waals surface area (Å²) >= 11 is 17.6. The van der Waals surface area contributed by atoms with Crippen LogP contribution in [0.4, 0.5) is 5.69 Å². The fourth-order valence-corrected chi connectivity index (χ4v) is 2.68. The van der Waals surface area contributed by atoms with Crippen molar-refractivity contribution in [3.63, 3.8) is 0 Å². The fourth-order valence-electron chi connectivity index (χ4n) is 1.96. The largest absolute Gasteiger partial charge is 0.478 e. The zero-order chi connectivity index (χ0) is 17.1. The second-order valence-electron chi connectivity index (χ2n) is 4.48. The number of nitro groups is 1. The topological polar surface area (TPSA) is 80.4 Å². The average Bonchev–Trinajstić information content (AvgIpc) is 2.43. The molecule has 0 amide bonds. The molecular weight excluding hydrogens is 365 g/mol. The number of hydrogen-bond donors (Lipinski definition) is 1. The van der Waals surface area contributed by atoms with Crippen molar-refractivity contribution in [3.05, 3.63) is 72.7 Å². The normalized spacial score (nSPS) is 11.3. The minimum atomic E-state index is -1.34. The molecule has 0 atom stereocenters. The number of hydrogen-bond acceptors (Lipinski definition) is 3. The highest BCUT2D eigenvalue weighted by Gasteiger charge is 2.22. The molecule has 0 saturated heterocycles. The summed E-state index contributed by atoms with van der Waals surface area (Å²) in [5, 5.41) is 21.4. The van der Waals surface area contributed by atoms with Gasteiger partial charge in [-0.1, -0.05) is 34.8 Å². The van der Waals surface area contributed by atoms with Gasteiger partial charge in [-0.25, -0.2) is 4.79 Å². The molecule has 23 heavy (non-hydrogen) atoms. The summed E-state index contributed by atoms with van der Waals surface area (Å²) in [6.07, 6.45) is 1.25. The van der Waals surface area contributed by atoms with Crippen LogP contribution < -0.4 is 0 Å². The molecule has 0 aromatic heterocycles. The van der Waals surface area contributed by atoms with Gasteiger partial charge in [-0.15, -0.1) is 0 Å². The molecular formula is C15H8Cl3NO4. The van der Waals surface area contributed by atoms with E-state index in [1.54, 1.807) is 0 Å². The van der Waals surface area contributed by atoms with Gasteiger partial charge in [-0.3, -0.25) is 10.1 Å². The van der Waals surface area contributed by atoms with E-state index in [-0.39, 0.29) is 21.8 Å². The lowest BCUT2D eigenvalue weighted by atomic mass is 10.0. The van der Waals surface area contributed by atoms with Crippen LogP contribution in [0, 0.1) is 10.1 Å². The van der Waals surface area contributed by atoms with Crippen LogP contribution >= 0.6 is 34.8 Å². The summed E-state index contributed by atoms with van der Waals surface area (Å²) in [5.41, 5.74) is -0.367. The van der Waals surface area contributed by atoms with E-state index in [1.165, 1.54) is 36.4 Å². The number of aliphatic carboxylic acids is 1. The molecule has 0 saturated carbocycles. The van der Waals surface area contributed by atoms with Gasteiger partial charge >= 0.3 is 5.97 Å². The monoisotopic (exact) mass is 371 g/mol. The maximum atomic E-state index is 11.6. The van der Waals surface area contributed by atoms with Crippen LogP contribution in [0.25, 0.3) is 11.6 Å². The Labute approximate surface area is 145 Å². The van der Waals surface area contributed by atoms with Crippen molar-refractivity contribution >= 4 is 58.1 Å². The molecule has 2 aromatic rings. The van der Waals surface area contributed by atoms with Gasteiger partial charge < -0.3 is 5.11 Å². The molecule has 0 unspecified atom stereocenters. The smallest absolute Gasteiger partial charge is 0.336 e. The van der Waals surface area contributed by atoms with Crippen LogP contribution in [-0.2, 0) is 4.79 Å². The molecule has 118 valence electrons. The average molecular weight is 373 g/mol. The quantitative estimate of drug-likeness (QED) is 0.347. The lowest BCUT2D eigenvalue weighted by Gasteiger charge is -2.06. The Balaban J connectivity index is 2.68. The van der Waals surface area contributed by atoms with Crippen molar-refractivity contribution in [2.45, 2.75) is 0 Å². The Morgan fingerprint density at radius 2 is 1.65 bits per heavy atom. The zero-order valence-electron chi connectivity index (χ0n) is 11.3. The van der Waals surface area contributed by atoms with Gasteiger partial charge in [-0.05, 0) is 42.0 Å². The van der Waals surface area contributed by atoms with Crippen LogP contribution in [0.2, 0.25) is 15.1 Å². The van der Waals surface area contributed by atoms with Gasteiger partial charge in [0, 0.05) is 21.1 Å². The highest BCUT2D eigenvalue weighted by atomic mass is 35.5. The minimum absolute atomic E-state index is 0.105. The predicted octanol–water partition coefficient (Wildman–Crippen LogP) is 5.18. The second-order valence-corrected chi connectivity index (χ2v) is 5.79. The summed E-state index contributed by atoms with van der Waals surface area (Å²) in [5.74, 6) is -1.34. The standard InChI is InChI=1S/C15H8Cl3NO4/c16-9-1-2-14(19(22)23)12(7-9)13(15(20)21)5-8-3-10(17)6-11(18)4-8/h1-7H,(H,20,21)/b13-5-. The molecule has 5 nitrogen and oxygen atoms in total. The highest BCUT2D eigenvalue weighted by molar-refractivity contribution is 6.35. The van der Waals surface area contributed by atoms with Crippen LogP contribution in [0.3, 0.4) is 0 Å². The number of carboxylic acid groups (broad SMARTS) is 1. The van der Waals surface area contributed by atoms with E-state index < -0.39 is 10.9 Å². The van der Waals surface area contributed by atoms with E-state index in [2.05, 4.69) is 0 Å². The Kier molecular flexibility index (Phi) is 5.26. The van der Waals surface area contributed by atoms with Gasteiger partial charge in [0.15, 0.2) is 0 Å². The number of benzene rings is 2. The van der Waals surface area contributed by atoms with E-state index in [0.29, 0.717) is 15.6 Å². The Hall–Kier alpha value is -2.08. The van der Waals surface area contributed by atoms with Gasteiger partial charge in [0.05, 0.1) is 16.1 Å². The van der Waals surface area contributed by atoms with Gasteiger partial charge in [-0.2, -0.15) is 0 Å². The molecule has 0 aliphatic heterocycles. The molecule has 0 aliphatic carbocycles. The number of halogens is 3. The Bertz CT molecular complexity index is 813. The first-order valence-electron chi connectivity index (χ1n) is 6.13. The van der Waals surface area contributed by atoms with Crippen molar-refractivity contribution in [1.29, 1.82) is 0 Å². The lowest BCUT2D eigenvalue weighted by Crippen LogP contribution is -2.03. The van der Waals surface area contributed by atoms with Crippen LogP contribution in [0.5, 0.6) is 0 Å². The second kappa shape index (κ2) is 7.00. The summed E-state index contributed by atoms with van der Waals surface area (Å²) in [4.78, 5) is 22.0. The summed E-state index contributed by atoms with van der Waals surface area (Å²) in [7, 11) is 0. The van der Waals surface area contributed by atoms with E-state index in [1.807, 2.05) is 0 Å². The maximum absolute atomic E-state index is 11.6. The number of rotatable bonds is 4. The lowest BCUT2D eigenvalue weighted by molar-refractivity contribution is -0.385. The van der Waals surface area contributed by atoms with Crippen molar-refractivity contribution < 1.29 is 14.8 Å². The Morgan fingerprint density at radius 3 is 2.17 bits per heavy atom. The number of carboxylic acids is 1. The van der Waals surface area contributed by atoms with Crippen molar-refractivity contribution in [2.75, 3.05) is 0 Å². The van der Waals surface area contributed by atoms with Gasteiger partial charge in [0.25, 0.3) is 5.69 Å². The van der Waals surface area contributed by atoms with E-state index in [9.17, 15) is 20.0 Å². The van der Waals surface area contributed by atoms with Crippen molar-refractivity contribution in [1.82, 2.24) is 0 Å². The highest BCUT2D eigenvalue weighted by Crippen LogP contribution is 2.31. The number of carbonyl (C=O) groups is 1. The van der Waals surface area contributed by atoms with Crippen LogP contribution in [0.15, 0.2) is 36.4 Å². The molecule has 0 heterocycles. The molecule has 0 spiro atoms. The molecule has 0 fully saturated rings. The van der Waals surface area contributed by atoms with Crippen LogP contribution in [0.1, 0.15) is 11.1 Å². The summed E-state index contributed by atoms with van der Waals surface area (Å²) in [6.45, 7) is 0. The molecule has 2 rings (SSSR count). The van der Waals surface area contributed by atoms with Crippen molar-refractivity contribution in [2.24, 2.45) is 0 Å². The number of nitro benzene ring substituents is 1.